The van der Waals surface area contributed by atoms with Gasteiger partial charge in [0.05, 0.1) is 0 Å². The lowest BCUT2D eigenvalue weighted by Crippen LogP contribution is -1.66. The van der Waals surface area contributed by atoms with Crippen LogP contribution in [0.3, 0.4) is 0 Å². The minimum absolute atomic E-state index is 0.560. The summed E-state index contributed by atoms with van der Waals surface area (Å²) in [6, 6.07) is 1.73. The topological polar surface area (TPSA) is 53.8 Å². The Morgan fingerprint density at radius 2 is 2.40 bits per heavy atom. The molecule has 0 saturated carbocycles. The highest BCUT2D eigenvalue weighted by Crippen LogP contribution is 2.20. The van der Waals surface area contributed by atoms with Crippen LogP contribution in [-0.2, 0) is 0 Å². The van der Waals surface area contributed by atoms with E-state index in [0.717, 1.165) is 0 Å². The average molecular weight is 135 g/mol. The van der Waals surface area contributed by atoms with E-state index < -0.39 is 0 Å². The first-order valence-corrected chi connectivity index (χ1v) is 2.83. The number of nitrogens with zero attached hydrogens (tertiary/aromatic N) is 2. The number of fused-ring (bicyclic) bond motifs is 1. The first-order valence-electron chi connectivity index (χ1n) is 2.83. The van der Waals surface area contributed by atoms with E-state index in [1.807, 2.05) is 0 Å². The van der Waals surface area contributed by atoms with Crippen molar-refractivity contribution in [3.8, 4) is 0 Å². The number of aromatic nitrogens is 1. The molecule has 0 atom stereocenters. The zero-order chi connectivity index (χ0) is 6.97. The lowest BCUT2D eigenvalue weighted by atomic mass is 10.5. The van der Waals surface area contributed by atoms with Crippen LogP contribution in [-0.4, -0.2) is 4.40 Å². The second-order valence-electron chi connectivity index (χ2n) is 1.93. The zero-order valence-corrected chi connectivity index (χ0v) is 5.11. The Labute approximate surface area is 56.6 Å². The van der Waals surface area contributed by atoms with Crippen LogP contribution in [0.25, 0.3) is 5.71 Å². The third kappa shape index (κ3) is 0.500. The number of hydrogen-bond donors (Lipinski definition) is 1. The van der Waals surface area contributed by atoms with Crippen molar-refractivity contribution in [2.24, 2.45) is 5.11 Å². The third-order valence-electron chi connectivity index (χ3n) is 1.37. The van der Waals surface area contributed by atoms with Gasteiger partial charge in [-0.2, -0.15) is 5.11 Å². The van der Waals surface area contributed by atoms with Gasteiger partial charge in [-0.3, -0.25) is 4.40 Å². The SMILES string of the molecule is N=Nc1ccn2ccoc12. The molecule has 2 aromatic heterocycles. The summed E-state index contributed by atoms with van der Waals surface area (Å²) in [5.41, 5.74) is 7.91. The molecule has 0 spiro atoms. The summed E-state index contributed by atoms with van der Waals surface area (Å²) in [5, 5.41) is 3.27. The molecule has 1 N–H and O–H groups in total. The van der Waals surface area contributed by atoms with E-state index in [9.17, 15) is 0 Å². The number of nitrogens with one attached hydrogen (secondary N) is 1. The van der Waals surface area contributed by atoms with Crippen LogP contribution in [0.4, 0.5) is 5.69 Å². The van der Waals surface area contributed by atoms with Crippen molar-refractivity contribution in [2.45, 2.75) is 0 Å². The molecular formula is C6H5N3O. The fraction of sp³-hybridized carbons (Fsp3) is 0. The second kappa shape index (κ2) is 1.70. The molecule has 0 unspecified atom stereocenters. The molecule has 0 radical (unpaired) electrons. The summed E-state index contributed by atoms with van der Waals surface area (Å²) in [6.45, 7) is 0. The molecule has 2 aromatic rings. The van der Waals surface area contributed by atoms with Gasteiger partial charge in [-0.15, -0.1) is 0 Å². The Morgan fingerprint density at radius 3 is 3.20 bits per heavy atom. The van der Waals surface area contributed by atoms with Gasteiger partial charge in [-0.25, -0.2) is 5.53 Å². The molecule has 4 nitrogen and oxygen atoms in total. The Bertz CT molecular complexity index is 360. The Morgan fingerprint density at radius 1 is 1.50 bits per heavy atom. The van der Waals surface area contributed by atoms with Crippen molar-refractivity contribution in [3.05, 3.63) is 24.7 Å². The van der Waals surface area contributed by atoms with Crippen molar-refractivity contribution < 1.29 is 4.42 Å². The number of hydrogen-bond acceptors (Lipinski definition) is 3. The maximum atomic E-state index is 6.73. The van der Waals surface area contributed by atoms with E-state index in [2.05, 4.69) is 5.11 Å². The van der Waals surface area contributed by atoms with Gasteiger partial charge in [-0.05, 0) is 6.07 Å². The molecule has 50 valence electrons. The van der Waals surface area contributed by atoms with Gasteiger partial charge in [0, 0.05) is 12.4 Å². The van der Waals surface area contributed by atoms with E-state index in [4.69, 9.17) is 9.95 Å². The predicted octanol–water partition coefficient (Wildman–Crippen LogP) is 2.19. The maximum Gasteiger partial charge on any atom is 0.231 e. The molecule has 0 aliphatic heterocycles. The monoisotopic (exact) mass is 135 g/mol. The number of rotatable bonds is 1. The van der Waals surface area contributed by atoms with Crippen LogP contribution in [0.15, 0.2) is 34.3 Å². The highest BCUT2D eigenvalue weighted by atomic mass is 16.3. The molecule has 2 rings (SSSR count). The molecule has 0 fully saturated rings. The highest BCUT2D eigenvalue weighted by molar-refractivity contribution is 5.61. The highest BCUT2D eigenvalue weighted by Gasteiger charge is 2.01. The molecule has 0 aromatic carbocycles. The van der Waals surface area contributed by atoms with Crippen LogP contribution < -0.4 is 0 Å². The van der Waals surface area contributed by atoms with E-state index in [-0.39, 0.29) is 0 Å². The van der Waals surface area contributed by atoms with Crippen molar-refractivity contribution in [3.63, 3.8) is 0 Å². The van der Waals surface area contributed by atoms with Crippen LogP contribution in [0.1, 0.15) is 0 Å². The molecule has 0 amide bonds. The van der Waals surface area contributed by atoms with Crippen molar-refractivity contribution in [1.29, 1.82) is 5.53 Å². The van der Waals surface area contributed by atoms with Crippen LogP contribution >= 0.6 is 0 Å². The zero-order valence-electron chi connectivity index (χ0n) is 5.11. The fourth-order valence-electron chi connectivity index (χ4n) is 0.906. The van der Waals surface area contributed by atoms with E-state index in [1.165, 1.54) is 0 Å². The van der Waals surface area contributed by atoms with Crippen LogP contribution in [0.5, 0.6) is 0 Å². The third-order valence-corrected chi connectivity index (χ3v) is 1.37. The van der Waals surface area contributed by atoms with Gasteiger partial charge in [0.15, 0.2) is 0 Å². The summed E-state index contributed by atoms with van der Waals surface area (Å²) in [6.07, 6.45) is 5.13. The summed E-state index contributed by atoms with van der Waals surface area (Å²) < 4.78 is 6.80. The second-order valence-corrected chi connectivity index (χ2v) is 1.93. The normalized spacial score (nSPS) is 10.4. The molecule has 0 aliphatic rings. The van der Waals surface area contributed by atoms with Gasteiger partial charge in [0.1, 0.15) is 12.0 Å². The molecule has 0 bridgehead atoms. The molecule has 0 aliphatic carbocycles. The molecule has 10 heavy (non-hydrogen) atoms. The minimum atomic E-state index is 0.560. The van der Waals surface area contributed by atoms with Gasteiger partial charge < -0.3 is 4.42 Å². The summed E-state index contributed by atoms with van der Waals surface area (Å²) in [4.78, 5) is 0. The average Bonchev–Trinajstić information content (AvgIpc) is 2.44. The smallest absolute Gasteiger partial charge is 0.231 e. The fourth-order valence-corrected chi connectivity index (χ4v) is 0.906. The van der Waals surface area contributed by atoms with Crippen LogP contribution in [0.2, 0.25) is 0 Å². The van der Waals surface area contributed by atoms with E-state index in [1.54, 1.807) is 29.1 Å². The molecular weight excluding hydrogens is 130 g/mol. The lowest BCUT2D eigenvalue weighted by molar-refractivity contribution is 0.608. The maximum absolute atomic E-state index is 6.73. The summed E-state index contributed by atoms with van der Waals surface area (Å²) in [5.74, 6) is 0. The summed E-state index contributed by atoms with van der Waals surface area (Å²) in [7, 11) is 0. The Kier molecular flexibility index (Phi) is 0.887. The minimum Gasteiger partial charge on any atom is -0.444 e. The summed E-state index contributed by atoms with van der Waals surface area (Å²) >= 11 is 0. The standard InChI is InChI=1S/C6H5N3O/c7-8-5-1-2-9-3-4-10-6(5)9/h1-4,7H. The first kappa shape index (κ1) is 5.22. The molecule has 0 saturated heterocycles. The quantitative estimate of drug-likeness (QED) is 0.598. The van der Waals surface area contributed by atoms with Crippen molar-refractivity contribution in [1.82, 2.24) is 4.40 Å². The first-order chi connectivity index (χ1) is 4.92. The molecule has 4 heteroatoms. The predicted molar refractivity (Wildman–Crippen MR) is 34.5 cm³/mol. The van der Waals surface area contributed by atoms with Gasteiger partial charge in [0.25, 0.3) is 0 Å². The van der Waals surface area contributed by atoms with Gasteiger partial charge in [-0.1, -0.05) is 0 Å². The Balaban J connectivity index is 2.88. The lowest BCUT2D eigenvalue weighted by Gasteiger charge is -1.78. The largest absolute Gasteiger partial charge is 0.444 e. The van der Waals surface area contributed by atoms with E-state index in [0.29, 0.717) is 11.4 Å². The number of oxazole rings is 1. The Hall–Kier alpha value is -1.58. The molecule has 2 heterocycles. The van der Waals surface area contributed by atoms with Crippen molar-refractivity contribution >= 4 is 11.4 Å². The van der Waals surface area contributed by atoms with Gasteiger partial charge in [0.2, 0.25) is 5.71 Å². The van der Waals surface area contributed by atoms with Crippen LogP contribution in [0, 0.1) is 5.53 Å². The van der Waals surface area contributed by atoms with Gasteiger partial charge >= 0.3 is 0 Å². The van der Waals surface area contributed by atoms with Crippen molar-refractivity contribution in [2.75, 3.05) is 0 Å². The van der Waals surface area contributed by atoms with E-state index >= 15 is 0 Å².